The molecule has 2 aromatic rings. The molecule has 0 bridgehead atoms. The molecule has 110 valence electrons. The van der Waals surface area contributed by atoms with Crippen molar-refractivity contribution in [2.45, 2.75) is 31.7 Å². The highest BCUT2D eigenvalue weighted by molar-refractivity contribution is 9.10. The van der Waals surface area contributed by atoms with Crippen molar-refractivity contribution < 1.29 is 4.74 Å². The van der Waals surface area contributed by atoms with Gasteiger partial charge in [0.2, 0.25) is 0 Å². The van der Waals surface area contributed by atoms with Crippen molar-refractivity contribution >= 4 is 15.9 Å². The predicted molar refractivity (Wildman–Crippen MR) is 89.8 cm³/mol. The number of fused-ring (bicyclic) bond motifs is 1. The molecule has 3 rings (SSSR count). The highest BCUT2D eigenvalue weighted by Gasteiger charge is 2.15. The van der Waals surface area contributed by atoms with Crippen LogP contribution in [0.3, 0.4) is 0 Å². The van der Waals surface area contributed by atoms with Gasteiger partial charge in [0.1, 0.15) is 5.75 Å². The van der Waals surface area contributed by atoms with Gasteiger partial charge in [-0.15, -0.1) is 0 Å². The smallest absolute Gasteiger partial charge is 0.124 e. The van der Waals surface area contributed by atoms with Crippen LogP contribution in [-0.4, -0.2) is 7.11 Å². The van der Waals surface area contributed by atoms with Crippen molar-refractivity contribution in [3.05, 3.63) is 63.1 Å². The van der Waals surface area contributed by atoms with Crippen LogP contribution >= 0.6 is 15.9 Å². The number of aryl methyl sites for hydroxylation is 2. The van der Waals surface area contributed by atoms with E-state index in [0.29, 0.717) is 0 Å². The summed E-state index contributed by atoms with van der Waals surface area (Å²) in [6.07, 6.45) is 4.55. The lowest BCUT2D eigenvalue weighted by molar-refractivity contribution is 0.405. The van der Waals surface area contributed by atoms with E-state index in [9.17, 15) is 0 Å². The van der Waals surface area contributed by atoms with Gasteiger partial charge in [-0.05, 0) is 54.5 Å². The number of halogens is 1. The maximum Gasteiger partial charge on any atom is 0.124 e. The first-order valence-corrected chi connectivity index (χ1v) is 8.16. The van der Waals surface area contributed by atoms with Crippen LogP contribution in [0, 0.1) is 0 Å². The van der Waals surface area contributed by atoms with E-state index < -0.39 is 0 Å². The van der Waals surface area contributed by atoms with E-state index in [0.717, 1.165) is 22.2 Å². The number of nitrogens with two attached hydrogens (primary N) is 1. The monoisotopic (exact) mass is 345 g/mol. The number of rotatable bonds is 4. The SMILES string of the molecule is COc1cc(Br)ccc1C(N)Cc1ccc2c(c1)CCC2. The first kappa shape index (κ1) is 14.6. The second-order valence-corrected chi connectivity index (χ2v) is 6.57. The minimum atomic E-state index is -0.0486. The molecule has 1 unspecified atom stereocenters. The van der Waals surface area contributed by atoms with E-state index in [1.807, 2.05) is 18.2 Å². The molecule has 3 heteroatoms. The van der Waals surface area contributed by atoms with E-state index in [-0.39, 0.29) is 6.04 Å². The summed E-state index contributed by atoms with van der Waals surface area (Å²) in [7, 11) is 1.69. The van der Waals surface area contributed by atoms with Crippen molar-refractivity contribution in [3.63, 3.8) is 0 Å². The number of hydrogen-bond donors (Lipinski definition) is 1. The average molecular weight is 346 g/mol. The molecule has 0 spiro atoms. The van der Waals surface area contributed by atoms with Crippen LogP contribution in [0.5, 0.6) is 5.75 Å². The van der Waals surface area contributed by atoms with Gasteiger partial charge in [-0.1, -0.05) is 40.2 Å². The molecule has 0 saturated heterocycles. The quantitative estimate of drug-likeness (QED) is 0.901. The van der Waals surface area contributed by atoms with Gasteiger partial charge in [0.25, 0.3) is 0 Å². The first-order valence-electron chi connectivity index (χ1n) is 7.37. The largest absolute Gasteiger partial charge is 0.496 e. The Kier molecular flexibility index (Phi) is 4.32. The molecule has 1 atom stereocenters. The topological polar surface area (TPSA) is 35.2 Å². The van der Waals surface area contributed by atoms with Crippen LogP contribution in [0.15, 0.2) is 40.9 Å². The van der Waals surface area contributed by atoms with Gasteiger partial charge in [0.05, 0.1) is 7.11 Å². The van der Waals surface area contributed by atoms with Gasteiger partial charge in [0, 0.05) is 16.1 Å². The lowest BCUT2D eigenvalue weighted by atomic mass is 9.96. The van der Waals surface area contributed by atoms with Crippen LogP contribution in [0.1, 0.15) is 34.7 Å². The molecule has 0 aliphatic heterocycles. The minimum Gasteiger partial charge on any atom is -0.496 e. The third-order valence-electron chi connectivity index (χ3n) is 4.21. The molecule has 0 aromatic heterocycles. The van der Waals surface area contributed by atoms with Crippen LogP contribution < -0.4 is 10.5 Å². The van der Waals surface area contributed by atoms with Crippen LogP contribution in [-0.2, 0) is 19.3 Å². The van der Waals surface area contributed by atoms with Crippen LogP contribution in [0.4, 0.5) is 0 Å². The second kappa shape index (κ2) is 6.20. The summed E-state index contributed by atoms with van der Waals surface area (Å²) >= 11 is 3.47. The Morgan fingerprint density at radius 1 is 1.14 bits per heavy atom. The van der Waals surface area contributed by atoms with Crippen molar-refractivity contribution in [2.24, 2.45) is 5.73 Å². The van der Waals surface area contributed by atoms with Gasteiger partial charge < -0.3 is 10.5 Å². The summed E-state index contributed by atoms with van der Waals surface area (Å²) in [5, 5.41) is 0. The lowest BCUT2D eigenvalue weighted by Crippen LogP contribution is -2.14. The molecule has 2 N–H and O–H groups in total. The number of benzene rings is 2. The molecule has 0 fully saturated rings. The van der Waals surface area contributed by atoms with E-state index in [1.165, 1.54) is 36.0 Å². The molecular weight excluding hydrogens is 326 g/mol. The van der Waals surface area contributed by atoms with Gasteiger partial charge in [-0.2, -0.15) is 0 Å². The average Bonchev–Trinajstić information content (AvgIpc) is 2.94. The van der Waals surface area contributed by atoms with E-state index in [2.05, 4.69) is 34.1 Å². The van der Waals surface area contributed by atoms with E-state index in [1.54, 1.807) is 7.11 Å². The second-order valence-electron chi connectivity index (χ2n) is 5.65. The number of ether oxygens (including phenoxy) is 1. The zero-order chi connectivity index (χ0) is 14.8. The summed E-state index contributed by atoms with van der Waals surface area (Å²) in [6.45, 7) is 0. The Labute approximate surface area is 134 Å². The Balaban J connectivity index is 1.81. The standard InChI is InChI=1S/C18H20BrNO/c1-21-18-11-15(19)7-8-16(18)17(20)10-12-5-6-13-3-2-4-14(13)9-12/h5-9,11,17H,2-4,10,20H2,1H3. The van der Waals surface area contributed by atoms with Crippen LogP contribution in [0.25, 0.3) is 0 Å². The van der Waals surface area contributed by atoms with Crippen molar-refractivity contribution in [1.82, 2.24) is 0 Å². The predicted octanol–water partition coefficient (Wildman–Crippen LogP) is 4.19. The molecule has 1 aliphatic carbocycles. The highest BCUT2D eigenvalue weighted by atomic mass is 79.9. The number of hydrogen-bond acceptors (Lipinski definition) is 2. The molecule has 0 radical (unpaired) electrons. The van der Waals surface area contributed by atoms with Crippen LogP contribution in [0.2, 0.25) is 0 Å². The van der Waals surface area contributed by atoms with Crippen molar-refractivity contribution in [2.75, 3.05) is 7.11 Å². The molecular formula is C18H20BrNO. The zero-order valence-corrected chi connectivity index (χ0v) is 13.8. The highest BCUT2D eigenvalue weighted by Crippen LogP contribution is 2.30. The van der Waals surface area contributed by atoms with Gasteiger partial charge >= 0.3 is 0 Å². The Morgan fingerprint density at radius 2 is 1.95 bits per heavy atom. The van der Waals surface area contributed by atoms with Crippen molar-refractivity contribution in [1.29, 1.82) is 0 Å². The molecule has 2 nitrogen and oxygen atoms in total. The Morgan fingerprint density at radius 3 is 2.76 bits per heavy atom. The molecule has 2 aromatic carbocycles. The fourth-order valence-electron chi connectivity index (χ4n) is 3.11. The minimum absolute atomic E-state index is 0.0486. The Bertz CT molecular complexity index is 654. The zero-order valence-electron chi connectivity index (χ0n) is 12.2. The molecule has 1 aliphatic rings. The molecule has 0 saturated carbocycles. The molecule has 0 heterocycles. The van der Waals surface area contributed by atoms with E-state index >= 15 is 0 Å². The summed E-state index contributed by atoms with van der Waals surface area (Å²) in [5.41, 5.74) is 11.8. The van der Waals surface area contributed by atoms with Gasteiger partial charge in [-0.3, -0.25) is 0 Å². The fourth-order valence-corrected chi connectivity index (χ4v) is 3.45. The maximum atomic E-state index is 6.40. The third-order valence-corrected chi connectivity index (χ3v) is 4.71. The maximum absolute atomic E-state index is 6.40. The lowest BCUT2D eigenvalue weighted by Gasteiger charge is -2.16. The summed E-state index contributed by atoms with van der Waals surface area (Å²) in [4.78, 5) is 0. The summed E-state index contributed by atoms with van der Waals surface area (Å²) in [5.74, 6) is 0.845. The summed E-state index contributed by atoms with van der Waals surface area (Å²) < 4.78 is 6.46. The Hall–Kier alpha value is -1.32. The van der Waals surface area contributed by atoms with Crippen molar-refractivity contribution in [3.8, 4) is 5.75 Å². The first-order chi connectivity index (χ1) is 10.2. The fraction of sp³-hybridized carbons (Fsp3) is 0.333. The van der Waals surface area contributed by atoms with Gasteiger partial charge in [-0.25, -0.2) is 0 Å². The number of methoxy groups -OCH3 is 1. The molecule has 0 amide bonds. The van der Waals surface area contributed by atoms with E-state index in [4.69, 9.17) is 10.5 Å². The third kappa shape index (κ3) is 3.14. The summed E-state index contributed by atoms with van der Waals surface area (Å²) in [6, 6.07) is 12.8. The normalized spacial score (nSPS) is 14.8. The molecule has 21 heavy (non-hydrogen) atoms. The van der Waals surface area contributed by atoms with Gasteiger partial charge in [0.15, 0.2) is 0 Å².